The van der Waals surface area contributed by atoms with Crippen molar-refractivity contribution in [3.8, 4) is 5.75 Å². The molecule has 0 aliphatic rings. The molecule has 0 aliphatic carbocycles. The van der Waals surface area contributed by atoms with Gasteiger partial charge in [-0.25, -0.2) is 0 Å². The smallest absolute Gasteiger partial charge is 0.265 e. The van der Waals surface area contributed by atoms with Gasteiger partial charge >= 0.3 is 0 Å². The summed E-state index contributed by atoms with van der Waals surface area (Å²) in [5, 5.41) is 5.25. The zero-order valence-electron chi connectivity index (χ0n) is 13.9. The number of anilines is 1. The highest BCUT2D eigenvalue weighted by Gasteiger charge is 2.17. The van der Waals surface area contributed by atoms with Crippen LogP contribution in [0.4, 0.5) is 5.69 Å². The number of Topliss-reactive ketones (excluding diaryl/α,β-unsaturated/α-hetero) is 1. The predicted octanol–water partition coefficient (Wildman–Crippen LogP) is 5.30. The number of carbonyl (C=O) groups is 2. The fraction of sp³-hybridized carbons (Fsp3) is 0.100. The predicted molar refractivity (Wildman–Crippen MR) is 105 cm³/mol. The molecule has 4 nitrogen and oxygen atoms in total. The average molecular weight is 386 g/mol. The molecule has 1 heterocycles. The minimum Gasteiger partial charge on any atom is -0.483 e. The van der Waals surface area contributed by atoms with Gasteiger partial charge in [-0.1, -0.05) is 17.7 Å². The lowest BCUT2D eigenvalue weighted by atomic mass is 10.1. The van der Waals surface area contributed by atoms with Crippen LogP contribution in [-0.4, -0.2) is 17.8 Å². The van der Waals surface area contributed by atoms with E-state index >= 15 is 0 Å². The van der Waals surface area contributed by atoms with Gasteiger partial charge in [0.2, 0.25) is 5.78 Å². The second-order valence-corrected chi connectivity index (χ2v) is 6.97. The first-order chi connectivity index (χ1) is 12.5. The molecule has 0 saturated heterocycles. The van der Waals surface area contributed by atoms with Gasteiger partial charge in [0.1, 0.15) is 5.75 Å². The number of amides is 1. The number of halogens is 1. The SMILES string of the molecule is C[C@@H](Oc1ccc(NC(=O)c2cccs2)cc1)C(=O)c1ccc(Cl)cc1. The Bertz CT molecular complexity index is 890. The fourth-order valence-electron chi connectivity index (χ4n) is 2.32. The standard InChI is InChI=1S/C20H16ClNO3S/c1-13(19(23)14-4-6-15(21)7-5-14)25-17-10-8-16(9-11-17)22-20(24)18-3-2-12-26-18/h2-13H,1H3,(H,22,24)/t13-/m1/s1. The summed E-state index contributed by atoms with van der Waals surface area (Å²) in [7, 11) is 0. The van der Waals surface area contributed by atoms with Crippen molar-refractivity contribution in [2.45, 2.75) is 13.0 Å². The normalized spacial score (nSPS) is 11.6. The lowest BCUT2D eigenvalue weighted by Crippen LogP contribution is -2.23. The topological polar surface area (TPSA) is 55.4 Å². The Morgan fingerprint density at radius 2 is 1.73 bits per heavy atom. The van der Waals surface area contributed by atoms with Gasteiger partial charge in [0.15, 0.2) is 6.10 Å². The molecule has 132 valence electrons. The Kier molecular flexibility index (Phi) is 5.71. The summed E-state index contributed by atoms with van der Waals surface area (Å²) in [5.74, 6) is 0.269. The highest BCUT2D eigenvalue weighted by molar-refractivity contribution is 7.12. The molecule has 1 amide bonds. The van der Waals surface area contributed by atoms with Crippen LogP contribution in [0.5, 0.6) is 5.75 Å². The van der Waals surface area contributed by atoms with E-state index in [1.165, 1.54) is 11.3 Å². The summed E-state index contributed by atoms with van der Waals surface area (Å²) < 4.78 is 5.70. The van der Waals surface area contributed by atoms with E-state index in [1.54, 1.807) is 61.5 Å². The summed E-state index contributed by atoms with van der Waals surface area (Å²) in [5.41, 5.74) is 1.20. The third kappa shape index (κ3) is 4.50. The number of hydrogen-bond donors (Lipinski definition) is 1. The molecule has 0 saturated carbocycles. The van der Waals surface area contributed by atoms with Crippen molar-refractivity contribution < 1.29 is 14.3 Å². The van der Waals surface area contributed by atoms with E-state index in [0.29, 0.717) is 26.9 Å². The molecule has 0 radical (unpaired) electrons. The molecule has 2 aromatic carbocycles. The Balaban J connectivity index is 1.60. The number of ether oxygens (including phenoxy) is 1. The highest BCUT2D eigenvalue weighted by Crippen LogP contribution is 2.20. The van der Waals surface area contributed by atoms with E-state index < -0.39 is 6.10 Å². The zero-order chi connectivity index (χ0) is 18.5. The number of hydrogen-bond acceptors (Lipinski definition) is 4. The molecule has 3 rings (SSSR count). The van der Waals surface area contributed by atoms with Gasteiger partial charge in [-0.15, -0.1) is 11.3 Å². The second kappa shape index (κ2) is 8.17. The molecular weight excluding hydrogens is 370 g/mol. The van der Waals surface area contributed by atoms with Crippen molar-refractivity contribution in [3.63, 3.8) is 0 Å². The Morgan fingerprint density at radius 3 is 2.35 bits per heavy atom. The largest absolute Gasteiger partial charge is 0.483 e. The minimum atomic E-state index is -0.636. The van der Waals surface area contributed by atoms with Crippen LogP contribution in [-0.2, 0) is 0 Å². The number of rotatable bonds is 6. The van der Waals surface area contributed by atoms with E-state index in [4.69, 9.17) is 16.3 Å². The van der Waals surface area contributed by atoms with Crippen LogP contribution in [0.3, 0.4) is 0 Å². The van der Waals surface area contributed by atoms with Gasteiger partial charge in [0.05, 0.1) is 4.88 Å². The monoisotopic (exact) mass is 385 g/mol. The fourth-order valence-corrected chi connectivity index (χ4v) is 3.07. The van der Waals surface area contributed by atoms with Crippen LogP contribution in [0, 0.1) is 0 Å². The molecule has 0 aliphatic heterocycles. The third-order valence-corrected chi connectivity index (χ3v) is 4.79. The summed E-state index contributed by atoms with van der Waals surface area (Å²) in [4.78, 5) is 25.0. The second-order valence-electron chi connectivity index (χ2n) is 5.59. The molecule has 0 spiro atoms. The van der Waals surface area contributed by atoms with Crippen molar-refractivity contribution in [2.24, 2.45) is 0 Å². The van der Waals surface area contributed by atoms with Gasteiger partial charge < -0.3 is 10.1 Å². The maximum absolute atomic E-state index is 12.4. The van der Waals surface area contributed by atoms with E-state index in [0.717, 1.165) is 0 Å². The molecule has 0 unspecified atom stereocenters. The number of carbonyl (C=O) groups excluding carboxylic acids is 2. The first-order valence-corrected chi connectivity index (χ1v) is 9.20. The maximum Gasteiger partial charge on any atom is 0.265 e. The van der Waals surface area contributed by atoms with E-state index in [9.17, 15) is 9.59 Å². The van der Waals surface area contributed by atoms with Crippen molar-refractivity contribution in [3.05, 3.63) is 81.5 Å². The maximum atomic E-state index is 12.4. The van der Waals surface area contributed by atoms with Crippen molar-refractivity contribution in [1.82, 2.24) is 0 Å². The molecule has 0 bridgehead atoms. The van der Waals surface area contributed by atoms with Gasteiger partial charge in [-0.2, -0.15) is 0 Å². The van der Waals surface area contributed by atoms with Crippen LogP contribution in [0.1, 0.15) is 27.0 Å². The first-order valence-electron chi connectivity index (χ1n) is 7.94. The third-order valence-electron chi connectivity index (χ3n) is 3.67. The van der Waals surface area contributed by atoms with Gasteiger partial charge in [-0.05, 0) is 66.9 Å². The quantitative estimate of drug-likeness (QED) is 0.585. The van der Waals surface area contributed by atoms with Crippen LogP contribution in [0.2, 0.25) is 5.02 Å². The zero-order valence-corrected chi connectivity index (χ0v) is 15.5. The summed E-state index contributed by atoms with van der Waals surface area (Å²) in [6, 6.07) is 17.2. The molecular formula is C20H16ClNO3S. The molecule has 3 aromatic rings. The summed E-state index contributed by atoms with van der Waals surface area (Å²) >= 11 is 7.22. The molecule has 1 N–H and O–H groups in total. The van der Waals surface area contributed by atoms with Gasteiger partial charge in [-0.3, -0.25) is 9.59 Å². The molecule has 26 heavy (non-hydrogen) atoms. The molecule has 6 heteroatoms. The molecule has 1 atom stereocenters. The van der Waals surface area contributed by atoms with Gasteiger partial charge in [0.25, 0.3) is 5.91 Å². The summed E-state index contributed by atoms with van der Waals surface area (Å²) in [6.07, 6.45) is -0.636. The van der Waals surface area contributed by atoms with Crippen LogP contribution >= 0.6 is 22.9 Å². The number of nitrogens with one attached hydrogen (secondary N) is 1. The Labute approximate surface area is 160 Å². The number of ketones is 1. The Hall–Kier alpha value is -2.63. The lowest BCUT2D eigenvalue weighted by Gasteiger charge is -2.14. The van der Waals surface area contributed by atoms with Crippen molar-refractivity contribution in [2.75, 3.05) is 5.32 Å². The van der Waals surface area contributed by atoms with E-state index in [1.807, 2.05) is 11.4 Å². The number of benzene rings is 2. The Morgan fingerprint density at radius 1 is 1.04 bits per heavy atom. The molecule has 0 fully saturated rings. The minimum absolute atomic E-state index is 0.128. The van der Waals surface area contributed by atoms with Gasteiger partial charge in [0, 0.05) is 16.3 Å². The van der Waals surface area contributed by atoms with Crippen LogP contribution in [0.25, 0.3) is 0 Å². The van der Waals surface area contributed by atoms with E-state index in [2.05, 4.69) is 5.32 Å². The summed E-state index contributed by atoms with van der Waals surface area (Å²) in [6.45, 7) is 1.70. The molecule has 1 aromatic heterocycles. The van der Waals surface area contributed by atoms with Crippen molar-refractivity contribution >= 4 is 40.3 Å². The van der Waals surface area contributed by atoms with E-state index in [-0.39, 0.29) is 11.7 Å². The van der Waals surface area contributed by atoms with Crippen LogP contribution < -0.4 is 10.1 Å². The van der Waals surface area contributed by atoms with Crippen LogP contribution in [0.15, 0.2) is 66.0 Å². The number of thiophene rings is 1. The first kappa shape index (κ1) is 18.2. The highest BCUT2D eigenvalue weighted by atomic mass is 35.5. The average Bonchev–Trinajstić information content (AvgIpc) is 3.18. The van der Waals surface area contributed by atoms with Crippen molar-refractivity contribution in [1.29, 1.82) is 0 Å². The lowest BCUT2D eigenvalue weighted by molar-refractivity contribution is 0.0818.